The topological polar surface area (TPSA) is 73.0 Å². The van der Waals surface area contributed by atoms with E-state index in [1.165, 1.54) is 19.2 Å². The lowest BCUT2D eigenvalue weighted by atomic mass is 10.4. The van der Waals surface area contributed by atoms with E-state index in [1.54, 1.807) is 11.6 Å². The molecular weight excluding hydrogens is 184 g/mol. The average molecular weight is 196 g/mol. The van der Waals surface area contributed by atoms with E-state index in [4.69, 9.17) is 0 Å². The molecule has 1 aliphatic rings. The van der Waals surface area contributed by atoms with Gasteiger partial charge in [-0.3, -0.25) is 4.57 Å². The molecule has 0 aromatic carbocycles. The molecule has 0 atom stereocenters. The van der Waals surface area contributed by atoms with Crippen molar-refractivity contribution >= 4 is 11.6 Å². The van der Waals surface area contributed by atoms with Crippen LogP contribution in [0.1, 0.15) is 12.8 Å². The highest BCUT2D eigenvalue weighted by Crippen LogP contribution is 2.30. The van der Waals surface area contributed by atoms with Gasteiger partial charge in [0.05, 0.1) is 0 Å². The number of aromatic nitrogens is 2. The average Bonchev–Trinajstić information content (AvgIpc) is 2.87. The number of anilines is 1. The number of nitrogens with one attached hydrogen (secondary N) is 1. The van der Waals surface area contributed by atoms with Crippen molar-refractivity contribution in [3.05, 3.63) is 16.4 Å². The first-order valence-corrected chi connectivity index (χ1v) is 4.58. The summed E-state index contributed by atoms with van der Waals surface area (Å²) in [5.74, 6) is 1.10. The highest BCUT2D eigenvalue weighted by molar-refractivity contribution is 5.52. The van der Waals surface area contributed by atoms with Gasteiger partial charge in [0, 0.05) is 13.6 Å². The largest absolute Gasteiger partial charge is 0.406 e. The van der Waals surface area contributed by atoms with Gasteiger partial charge in [0.2, 0.25) is 12.1 Å². The molecule has 0 radical (unpaired) electrons. The van der Waals surface area contributed by atoms with E-state index >= 15 is 0 Å². The van der Waals surface area contributed by atoms with Gasteiger partial charge in [-0.05, 0) is 28.7 Å². The van der Waals surface area contributed by atoms with E-state index in [2.05, 4.69) is 10.3 Å². The molecule has 6 heteroatoms. The third-order valence-electron chi connectivity index (χ3n) is 2.35. The molecule has 0 amide bonds. The first kappa shape index (κ1) is 8.98. The smallest absolute Gasteiger partial charge is 0.364 e. The molecule has 2 rings (SSSR count). The summed E-state index contributed by atoms with van der Waals surface area (Å²) in [4.78, 5) is 13.8. The fraction of sp³-hybridized carbons (Fsp3) is 0.625. The number of rotatable bonds is 4. The molecule has 14 heavy (non-hydrogen) atoms. The molecule has 0 bridgehead atoms. The maximum Gasteiger partial charge on any atom is 0.406 e. The molecule has 1 N–H and O–H groups in total. The molecule has 1 aromatic heterocycles. The number of hydrogen-bond donors (Lipinski definition) is 1. The van der Waals surface area contributed by atoms with Crippen LogP contribution in [-0.2, 0) is 7.05 Å². The van der Waals surface area contributed by atoms with Crippen molar-refractivity contribution < 1.29 is 4.92 Å². The predicted octanol–water partition coefficient (Wildman–Crippen LogP) is 1.15. The van der Waals surface area contributed by atoms with Crippen LogP contribution < -0.4 is 5.32 Å². The molecule has 1 heterocycles. The lowest BCUT2D eigenvalue weighted by molar-refractivity contribution is -0.388. The number of imidazole rings is 1. The Morgan fingerprint density at radius 2 is 2.50 bits per heavy atom. The Balaban J connectivity index is 2.11. The monoisotopic (exact) mass is 196 g/mol. The van der Waals surface area contributed by atoms with E-state index in [9.17, 15) is 10.1 Å². The molecular formula is C8H12N4O2. The van der Waals surface area contributed by atoms with Crippen LogP contribution in [0.4, 0.5) is 11.6 Å². The summed E-state index contributed by atoms with van der Waals surface area (Å²) in [5, 5.41) is 13.6. The summed E-state index contributed by atoms with van der Waals surface area (Å²) in [6.07, 6.45) is 3.89. The van der Waals surface area contributed by atoms with Crippen molar-refractivity contribution in [3.63, 3.8) is 0 Å². The summed E-state index contributed by atoms with van der Waals surface area (Å²) in [7, 11) is 1.75. The van der Waals surface area contributed by atoms with E-state index in [-0.39, 0.29) is 5.82 Å². The molecule has 0 aliphatic heterocycles. The molecule has 1 aliphatic carbocycles. The maximum atomic E-state index is 10.6. The van der Waals surface area contributed by atoms with E-state index in [0.717, 1.165) is 6.54 Å². The molecule has 0 saturated heterocycles. The summed E-state index contributed by atoms with van der Waals surface area (Å²) >= 11 is 0. The lowest BCUT2D eigenvalue weighted by Crippen LogP contribution is -2.08. The molecule has 0 unspecified atom stereocenters. The second-order valence-corrected chi connectivity index (χ2v) is 3.61. The third-order valence-corrected chi connectivity index (χ3v) is 2.35. The molecule has 76 valence electrons. The predicted molar refractivity (Wildman–Crippen MR) is 51.1 cm³/mol. The van der Waals surface area contributed by atoms with E-state index < -0.39 is 4.92 Å². The fourth-order valence-electron chi connectivity index (χ4n) is 1.32. The second-order valence-electron chi connectivity index (χ2n) is 3.61. The van der Waals surface area contributed by atoms with Crippen LogP contribution >= 0.6 is 0 Å². The SMILES string of the molecule is Cn1cnc([N+](=O)[O-])c1NCC1CC1. The third kappa shape index (κ3) is 1.68. The van der Waals surface area contributed by atoms with Crippen molar-refractivity contribution in [2.24, 2.45) is 13.0 Å². The van der Waals surface area contributed by atoms with Crippen LogP contribution in [0, 0.1) is 16.0 Å². The van der Waals surface area contributed by atoms with E-state index in [1.807, 2.05) is 0 Å². The van der Waals surface area contributed by atoms with Gasteiger partial charge in [-0.2, -0.15) is 0 Å². The highest BCUT2D eigenvalue weighted by Gasteiger charge is 2.24. The van der Waals surface area contributed by atoms with Gasteiger partial charge in [0.1, 0.15) is 0 Å². The van der Waals surface area contributed by atoms with Crippen molar-refractivity contribution in [3.8, 4) is 0 Å². The molecule has 6 nitrogen and oxygen atoms in total. The Kier molecular flexibility index (Phi) is 2.11. The zero-order chi connectivity index (χ0) is 10.1. The number of hydrogen-bond acceptors (Lipinski definition) is 4. The van der Waals surface area contributed by atoms with Gasteiger partial charge in [0.15, 0.2) is 0 Å². The van der Waals surface area contributed by atoms with Crippen LogP contribution in [-0.4, -0.2) is 21.0 Å². The number of nitrogens with zero attached hydrogens (tertiary/aromatic N) is 3. The zero-order valence-corrected chi connectivity index (χ0v) is 7.93. The quantitative estimate of drug-likeness (QED) is 0.579. The Hall–Kier alpha value is -1.59. The maximum absolute atomic E-state index is 10.6. The minimum absolute atomic E-state index is 0.0897. The van der Waals surface area contributed by atoms with E-state index in [0.29, 0.717) is 11.7 Å². The van der Waals surface area contributed by atoms with Crippen molar-refractivity contribution in [2.45, 2.75) is 12.8 Å². The first-order chi connectivity index (χ1) is 6.68. The summed E-state index contributed by atoms with van der Waals surface area (Å²) in [6, 6.07) is 0. The Morgan fingerprint density at radius 3 is 3.07 bits per heavy atom. The van der Waals surface area contributed by atoms with Gasteiger partial charge in [-0.25, -0.2) is 0 Å². The van der Waals surface area contributed by atoms with Gasteiger partial charge in [-0.15, -0.1) is 0 Å². The molecule has 0 spiro atoms. The fourth-order valence-corrected chi connectivity index (χ4v) is 1.32. The second kappa shape index (κ2) is 3.28. The summed E-state index contributed by atoms with van der Waals surface area (Å²) in [5.41, 5.74) is 0. The molecule has 1 fully saturated rings. The minimum Gasteiger partial charge on any atom is -0.364 e. The van der Waals surface area contributed by atoms with Crippen LogP contribution in [0.2, 0.25) is 0 Å². The minimum atomic E-state index is -0.463. The van der Waals surface area contributed by atoms with Crippen molar-refractivity contribution in [2.75, 3.05) is 11.9 Å². The van der Waals surface area contributed by atoms with Gasteiger partial charge in [0.25, 0.3) is 0 Å². The van der Waals surface area contributed by atoms with Gasteiger partial charge < -0.3 is 15.4 Å². The van der Waals surface area contributed by atoms with Crippen molar-refractivity contribution in [1.29, 1.82) is 0 Å². The molecule has 1 saturated carbocycles. The summed E-state index contributed by atoms with van der Waals surface area (Å²) in [6.45, 7) is 0.806. The molecule has 1 aromatic rings. The Labute approximate surface area is 81.1 Å². The van der Waals surface area contributed by atoms with Crippen LogP contribution in [0.3, 0.4) is 0 Å². The zero-order valence-electron chi connectivity index (χ0n) is 7.93. The van der Waals surface area contributed by atoms with Crippen LogP contribution in [0.25, 0.3) is 0 Å². The summed E-state index contributed by atoms with van der Waals surface area (Å²) < 4.78 is 1.64. The normalized spacial score (nSPS) is 15.5. The Bertz CT molecular complexity index is 356. The van der Waals surface area contributed by atoms with Crippen molar-refractivity contribution in [1.82, 2.24) is 9.55 Å². The number of aryl methyl sites for hydroxylation is 1. The number of nitro groups is 1. The van der Waals surface area contributed by atoms with Gasteiger partial charge in [-0.1, -0.05) is 0 Å². The first-order valence-electron chi connectivity index (χ1n) is 4.58. The highest BCUT2D eigenvalue weighted by atomic mass is 16.6. The van der Waals surface area contributed by atoms with Gasteiger partial charge >= 0.3 is 5.82 Å². The lowest BCUT2D eigenvalue weighted by Gasteiger charge is -2.04. The standard InChI is InChI=1S/C8H12N4O2/c1-11-5-10-8(12(13)14)7(11)9-4-6-2-3-6/h5-6,9H,2-4H2,1H3. The van der Waals surface area contributed by atoms with Crippen LogP contribution in [0.5, 0.6) is 0 Å². The Morgan fingerprint density at radius 1 is 1.79 bits per heavy atom. The van der Waals surface area contributed by atoms with Crippen LogP contribution in [0.15, 0.2) is 6.33 Å².